The molecule has 1 aromatic rings. The monoisotopic (exact) mass is 352 g/mol. The van der Waals surface area contributed by atoms with Crippen molar-refractivity contribution in [2.45, 2.75) is 57.4 Å². The lowest BCUT2D eigenvalue weighted by atomic mass is 9.71. The number of nitrogens with one attached hydrogen (secondary N) is 1. The van der Waals surface area contributed by atoms with Crippen LogP contribution in [0.1, 0.15) is 63.0 Å². The maximum Gasteiger partial charge on any atom is 0.221 e. The van der Waals surface area contributed by atoms with E-state index in [1.807, 2.05) is 18.2 Å². The highest BCUT2D eigenvalue weighted by Crippen LogP contribution is 2.39. The van der Waals surface area contributed by atoms with Gasteiger partial charge in [-0.2, -0.15) is 0 Å². The van der Waals surface area contributed by atoms with Gasteiger partial charge in [0.2, 0.25) is 5.91 Å². The summed E-state index contributed by atoms with van der Waals surface area (Å²) in [6.45, 7) is 1.33. The van der Waals surface area contributed by atoms with Gasteiger partial charge in [-0.15, -0.1) is 12.4 Å². The largest absolute Gasteiger partial charge is 0.493 e. The second-order valence-corrected chi connectivity index (χ2v) is 7.09. The number of hydrogen-bond donors (Lipinski definition) is 2. The first-order valence-corrected chi connectivity index (χ1v) is 8.94. The van der Waals surface area contributed by atoms with Crippen LogP contribution in [0, 0.1) is 5.41 Å². The van der Waals surface area contributed by atoms with Crippen molar-refractivity contribution in [1.29, 1.82) is 0 Å². The molecule has 24 heavy (non-hydrogen) atoms. The summed E-state index contributed by atoms with van der Waals surface area (Å²) < 4.78 is 5.78. The number of amides is 1. The van der Waals surface area contributed by atoms with E-state index >= 15 is 0 Å². The maximum atomic E-state index is 12.7. The molecule has 0 aromatic heterocycles. The Labute approximate surface area is 150 Å². The van der Waals surface area contributed by atoms with Gasteiger partial charge in [0.25, 0.3) is 0 Å². The molecule has 1 aliphatic carbocycles. The normalized spacial score (nSPS) is 22.3. The molecule has 134 valence electrons. The number of benzene rings is 1. The lowest BCUT2D eigenvalue weighted by Gasteiger charge is -2.36. The van der Waals surface area contributed by atoms with E-state index in [-0.39, 0.29) is 29.8 Å². The summed E-state index contributed by atoms with van der Waals surface area (Å²) in [5, 5.41) is 3.25. The Morgan fingerprint density at radius 1 is 1.21 bits per heavy atom. The maximum absolute atomic E-state index is 12.7. The average Bonchev–Trinajstić information content (AvgIpc) is 2.78. The van der Waals surface area contributed by atoms with Crippen molar-refractivity contribution in [2.75, 3.05) is 13.2 Å². The first kappa shape index (κ1) is 19.1. The molecule has 1 atom stereocenters. The van der Waals surface area contributed by atoms with Gasteiger partial charge in [0, 0.05) is 12.0 Å². The van der Waals surface area contributed by atoms with Gasteiger partial charge in [0.05, 0.1) is 12.6 Å². The van der Waals surface area contributed by atoms with Crippen molar-refractivity contribution in [3.8, 4) is 5.75 Å². The lowest BCUT2D eigenvalue weighted by Crippen LogP contribution is -2.39. The van der Waals surface area contributed by atoms with E-state index in [4.69, 9.17) is 10.5 Å². The van der Waals surface area contributed by atoms with Crippen LogP contribution < -0.4 is 15.8 Å². The summed E-state index contributed by atoms with van der Waals surface area (Å²) in [6.07, 6.45) is 8.29. The van der Waals surface area contributed by atoms with Crippen LogP contribution in [0.3, 0.4) is 0 Å². The fraction of sp³-hybridized carbons (Fsp3) is 0.632. The van der Waals surface area contributed by atoms with Crippen LogP contribution >= 0.6 is 12.4 Å². The fourth-order valence-corrected chi connectivity index (χ4v) is 4.02. The number of carbonyl (C=O) groups excluding carboxylic acids is 1. The molecule has 0 radical (unpaired) electrons. The van der Waals surface area contributed by atoms with Gasteiger partial charge < -0.3 is 15.8 Å². The molecule has 5 heteroatoms. The van der Waals surface area contributed by atoms with Crippen LogP contribution in [-0.4, -0.2) is 19.1 Å². The lowest BCUT2D eigenvalue weighted by molar-refractivity contribution is -0.124. The molecule has 1 aliphatic heterocycles. The van der Waals surface area contributed by atoms with E-state index in [0.717, 1.165) is 43.6 Å². The number of ether oxygens (including phenoxy) is 1. The Hall–Kier alpha value is -1.26. The summed E-state index contributed by atoms with van der Waals surface area (Å²) in [4.78, 5) is 12.7. The van der Waals surface area contributed by atoms with Crippen LogP contribution in [-0.2, 0) is 4.79 Å². The zero-order chi connectivity index (χ0) is 16.1. The Morgan fingerprint density at radius 3 is 2.71 bits per heavy atom. The SMILES string of the molecule is Cl.NCC1(CC(=O)NC2CCCOc3ccccc32)CCCCC1. The third-order valence-electron chi connectivity index (χ3n) is 5.41. The second kappa shape index (κ2) is 8.72. The predicted octanol–water partition coefficient (Wildman–Crippen LogP) is 3.74. The quantitative estimate of drug-likeness (QED) is 0.867. The molecule has 3 N–H and O–H groups in total. The number of halogens is 1. The Bertz CT molecular complexity index is 544. The standard InChI is InChI=1S/C19H28N2O2.ClH/c20-14-19(10-4-1-5-11-19)13-18(22)21-16-8-6-12-23-17-9-3-2-7-15(16)17;/h2-3,7,9,16H,1,4-6,8,10-14,20H2,(H,21,22);1H. The number of hydrogen-bond acceptors (Lipinski definition) is 3. The highest BCUT2D eigenvalue weighted by molar-refractivity contribution is 5.85. The van der Waals surface area contributed by atoms with E-state index in [2.05, 4.69) is 11.4 Å². The summed E-state index contributed by atoms with van der Waals surface area (Å²) in [5.74, 6) is 1.04. The molecule has 2 aliphatic rings. The van der Waals surface area contributed by atoms with Crippen molar-refractivity contribution < 1.29 is 9.53 Å². The van der Waals surface area contributed by atoms with Gasteiger partial charge in [-0.3, -0.25) is 4.79 Å². The molecular weight excluding hydrogens is 324 g/mol. The molecule has 1 amide bonds. The van der Waals surface area contributed by atoms with Gasteiger partial charge in [-0.25, -0.2) is 0 Å². The molecule has 0 bridgehead atoms. The minimum atomic E-state index is 0. The van der Waals surface area contributed by atoms with E-state index in [1.54, 1.807) is 0 Å². The van der Waals surface area contributed by atoms with Gasteiger partial charge in [-0.1, -0.05) is 37.5 Å². The molecule has 4 nitrogen and oxygen atoms in total. The Balaban J connectivity index is 0.00000208. The van der Waals surface area contributed by atoms with Gasteiger partial charge in [0.1, 0.15) is 5.75 Å². The van der Waals surface area contributed by atoms with Crippen LogP contribution in [0.2, 0.25) is 0 Å². The number of carbonyl (C=O) groups is 1. The zero-order valence-electron chi connectivity index (χ0n) is 14.3. The van der Waals surface area contributed by atoms with E-state index in [0.29, 0.717) is 13.0 Å². The molecule has 3 rings (SSSR count). The fourth-order valence-electron chi connectivity index (χ4n) is 4.02. The topological polar surface area (TPSA) is 64.4 Å². The number of rotatable bonds is 4. The van der Waals surface area contributed by atoms with Crippen molar-refractivity contribution in [3.05, 3.63) is 29.8 Å². The summed E-state index contributed by atoms with van der Waals surface area (Å²) in [7, 11) is 0. The predicted molar refractivity (Wildman–Crippen MR) is 98.5 cm³/mol. The van der Waals surface area contributed by atoms with Crippen LogP contribution in [0.15, 0.2) is 24.3 Å². The van der Waals surface area contributed by atoms with Crippen molar-refractivity contribution >= 4 is 18.3 Å². The van der Waals surface area contributed by atoms with Gasteiger partial charge in [-0.05, 0) is 43.7 Å². The third-order valence-corrected chi connectivity index (χ3v) is 5.41. The average molecular weight is 353 g/mol. The number of nitrogens with two attached hydrogens (primary N) is 1. The minimum absolute atomic E-state index is 0. The molecule has 0 spiro atoms. The third kappa shape index (κ3) is 4.42. The first-order chi connectivity index (χ1) is 11.2. The van der Waals surface area contributed by atoms with Gasteiger partial charge in [0.15, 0.2) is 0 Å². The van der Waals surface area contributed by atoms with Crippen molar-refractivity contribution in [3.63, 3.8) is 0 Å². The molecular formula is C19H29ClN2O2. The van der Waals surface area contributed by atoms with Crippen LogP contribution in [0.4, 0.5) is 0 Å². The molecule has 1 saturated carbocycles. The zero-order valence-corrected chi connectivity index (χ0v) is 15.1. The summed E-state index contributed by atoms with van der Waals surface area (Å²) >= 11 is 0. The highest BCUT2D eigenvalue weighted by atomic mass is 35.5. The van der Waals surface area contributed by atoms with Gasteiger partial charge >= 0.3 is 0 Å². The van der Waals surface area contributed by atoms with Crippen molar-refractivity contribution in [2.24, 2.45) is 11.1 Å². The van der Waals surface area contributed by atoms with Crippen LogP contribution in [0.5, 0.6) is 5.75 Å². The molecule has 1 aromatic carbocycles. The number of fused-ring (bicyclic) bond motifs is 1. The smallest absolute Gasteiger partial charge is 0.221 e. The van der Waals surface area contributed by atoms with Crippen LogP contribution in [0.25, 0.3) is 0 Å². The highest BCUT2D eigenvalue weighted by Gasteiger charge is 2.33. The Morgan fingerprint density at radius 2 is 1.96 bits per heavy atom. The summed E-state index contributed by atoms with van der Waals surface area (Å²) in [5.41, 5.74) is 7.14. The van der Waals surface area contributed by atoms with E-state index < -0.39 is 0 Å². The Kier molecular flexibility index (Phi) is 6.93. The minimum Gasteiger partial charge on any atom is -0.493 e. The summed E-state index contributed by atoms with van der Waals surface area (Å²) in [6, 6.07) is 8.09. The van der Waals surface area contributed by atoms with E-state index in [1.165, 1.54) is 19.3 Å². The molecule has 1 fully saturated rings. The molecule has 1 heterocycles. The van der Waals surface area contributed by atoms with E-state index in [9.17, 15) is 4.79 Å². The molecule has 1 unspecified atom stereocenters. The molecule has 0 saturated heterocycles. The number of para-hydroxylation sites is 1. The van der Waals surface area contributed by atoms with Crippen molar-refractivity contribution in [1.82, 2.24) is 5.32 Å². The second-order valence-electron chi connectivity index (χ2n) is 7.09. The first-order valence-electron chi connectivity index (χ1n) is 8.94.